The molecule has 2 nitrogen and oxygen atoms in total. The lowest BCUT2D eigenvalue weighted by Gasteiger charge is -2.15. The van der Waals surface area contributed by atoms with Crippen molar-refractivity contribution >= 4 is 11.4 Å². The molecule has 0 bridgehead atoms. The van der Waals surface area contributed by atoms with Gasteiger partial charge in [0.2, 0.25) is 0 Å². The number of carbonyl (C=O) groups is 1. The molecule has 2 rings (SSSR count). The Hall–Kier alpha value is -1.83. The maximum Gasteiger partial charge on any atom is 0.136 e. The minimum atomic E-state index is -0.0103. The molecular weight excluding hydrogens is 224 g/mol. The molecule has 0 amide bonds. The lowest BCUT2D eigenvalue weighted by Crippen LogP contribution is -2.09. The fourth-order valence-electron chi connectivity index (χ4n) is 2.21. The molecule has 0 fully saturated rings. The van der Waals surface area contributed by atoms with Crippen LogP contribution in [0, 0.1) is 5.92 Å². The van der Waals surface area contributed by atoms with Crippen LogP contribution in [0.1, 0.15) is 31.4 Å². The van der Waals surface area contributed by atoms with Crippen LogP contribution >= 0.6 is 0 Å². The van der Waals surface area contributed by atoms with Crippen LogP contribution in [0.25, 0.3) is 5.57 Å². The Bertz CT molecular complexity index is 524. The Balaban J connectivity index is 2.36. The van der Waals surface area contributed by atoms with E-state index in [4.69, 9.17) is 0 Å². The molecule has 2 heteroatoms. The van der Waals surface area contributed by atoms with Gasteiger partial charge in [-0.25, -0.2) is 0 Å². The van der Waals surface area contributed by atoms with Gasteiger partial charge in [0.15, 0.2) is 0 Å². The quantitative estimate of drug-likeness (QED) is 0.880. The van der Waals surface area contributed by atoms with Gasteiger partial charge < -0.3 is 5.11 Å². The van der Waals surface area contributed by atoms with Crippen molar-refractivity contribution in [2.24, 2.45) is 5.92 Å². The second kappa shape index (κ2) is 5.21. The maximum atomic E-state index is 11.4. The first kappa shape index (κ1) is 12.6. The summed E-state index contributed by atoms with van der Waals surface area (Å²) in [4.78, 5) is 11.4. The van der Waals surface area contributed by atoms with Gasteiger partial charge in [0.1, 0.15) is 11.5 Å². The molecule has 0 saturated heterocycles. The molecule has 1 N–H and O–H groups in total. The monoisotopic (exact) mass is 242 g/mol. The van der Waals surface area contributed by atoms with Crippen LogP contribution < -0.4 is 0 Å². The molecule has 0 aliphatic heterocycles. The summed E-state index contributed by atoms with van der Waals surface area (Å²) in [6.45, 7) is 3.65. The highest BCUT2D eigenvalue weighted by Gasteiger charge is 2.15. The first-order chi connectivity index (χ1) is 8.61. The van der Waals surface area contributed by atoms with Crippen LogP contribution in [-0.4, -0.2) is 10.9 Å². The van der Waals surface area contributed by atoms with Crippen molar-refractivity contribution in [1.82, 2.24) is 0 Å². The summed E-state index contributed by atoms with van der Waals surface area (Å²) in [6, 6.07) is 5.61. The molecule has 1 aliphatic carbocycles. The zero-order valence-corrected chi connectivity index (χ0v) is 10.8. The number of hydrogen-bond acceptors (Lipinski definition) is 2. The number of carbonyl (C=O) groups excluding carboxylic acids is 1. The average Bonchev–Trinajstić information content (AvgIpc) is 2.39. The molecule has 1 aromatic carbocycles. The molecular formula is C16H18O2. The zero-order valence-electron chi connectivity index (χ0n) is 10.8. The Morgan fingerprint density at radius 3 is 2.89 bits per heavy atom. The summed E-state index contributed by atoms with van der Waals surface area (Å²) in [7, 11) is 0. The van der Waals surface area contributed by atoms with E-state index in [-0.39, 0.29) is 11.7 Å². The van der Waals surface area contributed by atoms with E-state index < -0.39 is 0 Å². The fraction of sp³-hybridized carbons (Fsp3) is 0.312. The summed E-state index contributed by atoms with van der Waals surface area (Å²) in [5.41, 5.74) is 3.06. The van der Waals surface area contributed by atoms with E-state index >= 15 is 0 Å². The van der Waals surface area contributed by atoms with E-state index in [0.29, 0.717) is 5.75 Å². The third-order valence-corrected chi connectivity index (χ3v) is 3.38. The standard InChI is InChI=1S/C16H18O2/c1-3-12-9-15(7-8-16(12)18)14-6-4-5-13(10-14)11(2)17/h4,6-10,13,18H,3,5H2,1-2H3. The highest BCUT2D eigenvalue weighted by molar-refractivity contribution is 5.86. The van der Waals surface area contributed by atoms with Crippen molar-refractivity contribution in [3.8, 4) is 5.75 Å². The first-order valence-corrected chi connectivity index (χ1v) is 6.33. The second-order valence-corrected chi connectivity index (χ2v) is 4.67. The van der Waals surface area contributed by atoms with Gasteiger partial charge in [0.25, 0.3) is 0 Å². The minimum absolute atomic E-state index is 0.0103. The van der Waals surface area contributed by atoms with Crippen molar-refractivity contribution in [3.63, 3.8) is 0 Å². The molecule has 0 radical (unpaired) electrons. The number of allylic oxidation sites excluding steroid dienone is 4. The normalized spacial score (nSPS) is 18.6. The zero-order chi connectivity index (χ0) is 13.1. The first-order valence-electron chi connectivity index (χ1n) is 6.33. The van der Waals surface area contributed by atoms with Gasteiger partial charge in [-0.3, -0.25) is 4.79 Å². The number of rotatable bonds is 3. The van der Waals surface area contributed by atoms with Crippen molar-refractivity contribution < 1.29 is 9.90 Å². The van der Waals surface area contributed by atoms with Gasteiger partial charge in [0.05, 0.1) is 0 Å². The van der Waals surface area contributed by atoms with Gasteiger partial charge >= 0.3 is 0 Å². The van der Waals surface area contributed by atoms with Gasteiger partial charge in [0, 0.05) is 5.92 Å². The number of aromatic hydroxyl groups is 1. The Morgan fingerprint density at radius 1 is 1.44 bits per heavy atom. The van der Waals surface area contributed by atoms with Crippen molar-refractivity contribution in [3.05, 3.63) is 47.6 Å². The number of phenolic OH excluding ortho intramolecular Hbond substituents is 1. The lowest BCUT2D eigenvalue weighted by atomic mass is 9.89. The number of aryl methyl sites for hydroxylation is 1. The topological polar surface area (TPSA) is 37.3 Å². The summed E-state index contributed by atoms with van der Waals surface area (Å²) in [6.07, 6.45) is 7.70. The molecule has 0 aromatic heterocycles. The predicted octanol–water partition coefficient (Wildman–Crippen LogP) is 3.50. The van der Waals surface area contributed by atoms with Gasteiger partial charge in [-0.15, -0.1) is 0 Å². The highest BCUT2D eigenvalue weighted by atomic mass is 16.3. The molecule has 18 heavy (non-hydrogen) atoms. The number of hydrogen-bond donors (Lipinski definition) is 1. The van der Waals surface area contributed by atoms with E-state index in [1.54, 1.807) is 13.0 Å². The van der Waals surface area contributed by atoms with Crippen LogP contribution in [0.4, 0.5) is 0 Å². The van der Waals surface area contributed by atoms with Gasteiger partial charge in [-0.05, 0) is 48.6 Å². The van der Waals surface area contributed by atoms with E-state index in [1.807, 2.05) is 37.3 Å². The Labute approximate surface area is 108 Å². The van der Waals surface area contributed by atoms with E-state index in [2.05, 4.69) is 0 Å². The number of ketones is 1. The predicted molar refractivity (Wildman–Crippen MR) is 73.4 cm³/mol. The second-order valence-electron chi connectivity index (χ2n) is 4.67. The third kappa shape index (κ3) is 2.53. The summed E-state index contributed by atoms with van der Waals surface area (Å²) < 4.78 is 0. The van der Waals surface area contributed by atoms with Crippen molar-refractivity contribution in [2.45, 2.75) is 26.7 Å². The van der Waals surface area contributed by atoms with E-state index in [1.165, 1.54) is 0 Å². The largest absolute Gasteiger partial charge is 0.508 e. The molecule has 1 atom stereocenters. The molecule has 94 valence electrons. The number of benzene rings is 1. The summed E-state index contributed by atoms with van der Waals surface area (Å²) in [5.74, 6) is 0.528. The van der Waals surface area contributed by atoms with E-state index in [0.717, 1.165) is 29.5 Å². The molecule has 1 aliphatic rings. The lowest BCUT2D eigenvalue weighted by molar-refractivity contribution is -0.119. The van der Waals surface area contributed by atoms with Crippen LogP contribution in [0.5, 0.6) is 5.75 Å². The van der Waals surface area contributed by atoms with Crippen LogP contribution in [0.15, 0.2) is 36.4 Å². The molecule has 0 heterocycles. The number of Topliss-reactive ketones (excluding diaryl/α,β-unsaturated/α-hetero) is 1. The van der Waals surface area contributed by atoms with Crippen molar-refractivity contribution in [2.75, 3.05) is 0 Å². The Morgan fingerprint density at radius 2 is 2.22 bits per heavy atom. The molecule has 0 spiro atoms. The maximum absolute atomic E-state index is 11.4. The van der Waals surface area contributed by atoms with Gasteiger partial charge in [-0.1, -0.05) is 31.2 Å². The highest BCUT2D eigenvalue weighted by Crippen LogP contribution is 2.28. The third-order valence-electron chi connectivity index (χ3n) is 3.38. The van der Waals surface area contributed by atoms with Crippen molar-refractivity contribution in [1.29, 1.82) is 0 Å². The molecule has 1 unspecified atom stereocenters. The number of phenols is 1. The van der Waals surface area contributed by atoms with Crippen LogP contribution in [0.3, 0.4) is 0 Å². The summed E-state index contributed by atoms with van der Waals surface area (Å²) >= 11 is 0. The molecule has 1 aromatic rings. The SMILES string of the molecule is CCc1cc(C2=CC(C(C)=O)CC=C2)ccc1O. The van der Waals surface area contributed by atoms with Crippen LogP contribution in [0.2, 0.25) is 0 Å². The van der Waals surface area contributed by atoms with E-state index in [9.17, 15) is 9.90 Å². The Kier molecular flexibility index (Phi) is 3.66. The fourth-order valence-corrected chi connectivity index (χ4v) is 2.21. The molecule has 0 saturated carbocycles. The van der Waals surface area contributed by atoms with Gasteiger partial charge in [-0.2, -0.15) is 0 Å². The minimum Gasteiger partial charge on any atom is -0.508 e. The van der Waals surface area contributed by atoms with Crippen LogP contribution in [-0.2, 0) is 11.2 Å². The average molecular weight is 242 g/mol. The smallest absolute Gasteiger partial charge is 0.136 e. The summed E-state index contributed by atoms with van der Waals surface area (Å²) in [5, 5.41) is 9.68.